The van der Waals surface area contributed by atoms with Crippen molar-refractivity contribution in [1.29, 1.82) is 0 Å². The molecule has 1 aromatic rings. The lowest BCUT2D eigenvalue weighted by atomic mass is 10.1. The maximum atomic E-state index is 11.5. The van der Waals surface area contributed by atoms with Crippen molar-refractivity contribution in [3.63, 3.8) is 0 Å². The summed E-state index contributed by atoms with van der Waals surface area (Å²) in [6, 6.07) is 4.93. The van der Waals surface area contributed by atoms with Crippen LogP contribution >= 0.6 is 11.6 Å². The summed E-state index contributed by atoms with van der Waals surface area (Å²) in [6.07, 6.45) is 0. The predicted molar refractivity (Wildman–Crippen MR) is 81.6 cm³/mol. The van der Waals surface area contributed by atoms with Crippen molar-refractivity contribution in [2.24, 2.45) is 5.10 Å². The first-order chi connectivity index (χ1) is 9.85. The number of hydrazone groups is 1. The maximum absolute atomic E-state index is 11.5. The van der Waals surface area contributed by atoms with Crippen LogP contribution in [0.5, 0.6) is 5.75 Å². The molecule has 0 aliphatic carbocycles. The number of nitrogens with zero attached hydrogens (tertiary/aromatic N) is 1. The van der Waals surface area contributed by atoms with E-state index in [2.05, 4.69) is 15.8 Å². The van der Waals surface area contributed by atoms with Gasteiger partial charge in [0.15, 0.2) is 0 Å². The van der Waals surface area contributed by atoms with Gasteiger partial charge in [-0.05, 0) is 39.0 Å². The highest BCUT2D eigenvalue weighted by molar-refractivity contribution is 6.35. The van der Waals surface area contributed by atoms with Crippen molar-refractivity contribution >= 4 is 29.1 Å². The zero-order chi connectivity index (χ0) is 16.0. The third-order valence-corrected chi connectivity index (χ3v) is 2.74. The van der Waals surface area contributed by atoms with Crippen LogP contribution in [0.2, 0.25) is 5.02 Å². The third kappa shape index (κ3) is 5.07. The Hall–Kier alpha value is -2.08. The second-order valence-corrected chi connectivity index (χ2v) is 5.05. The van der Waals surface area contributed by atoms with Crippen LogP contribution in [0.1, 0.15) is 26.3 Å². The molecule has 1 rings (SSSR count). The second kappa shape index (κ2) is 7.64. The number of amides is 2. The van der Waals surface area contributed by atoms with E-state index >= 15 is 0 Å². The van der Waals surface area contributed by atoms with E-state index in [9.17, 15) is 9.59 Å². The van der Waals surface area contributed by atoms with E-state index in [1.165, 1.54) is 7.11 Å². The van der Waals surface area contributed by atoms with E-state index in [1.54, 1.807) is 39.0 Å². The Morgan fingerprint density at radius 2 is 1.95 bits per heavy atom. The van der Waals surface area contributed by atoms with E-state index in [0.717, 1.165) is 0 Å². The highest BCUT2D eigenvalue weighted by Crippen LogP contribution is 2.23. The van der Waals surface area contributed by atoms with Gasteiger partial charge in [0, 0.05) is 16.6 Å². The summed E-state index contributed by atoms with van der Waals surface area (Å²) in [5, 5.41) is 6.88. The van der Waals surface area contributed by atoms with Crippen molar-refractivity contribution in [1.82, 2.24) is 10.7 Å². The van der Waals surface area contributed by atoms with E-state index in [4.69, 9.17) is 16.3 Å². The zero-order valence-corrected chi connectivity index (χ0v) is 13.1. The Bertz CT molecular complexity index is 571. The summed E-state index contributed by atoms with van der Waals surface area (Å²) in [5.41, 5.74) is 3.30. The van der Waals surface area contributed by atoms with Gasteiger partial charge in [0.2, 0.25) is 0 Å². The highest BCUT2D eigenvalue weighted by atomic mass is 35.5. The lowest BCUT2D eigenvalue weighted by molar-refractivity contribution is -0.139. The van der Waals surface area contributed by atoms with Crippen molar-refractivity contribution in [2.75, 3.05) is 7.11 Å². The first-order valence-electron chi connectivity index (χ1n) is 6.34. The number of halogens is 1. The summed E-state index contributed by atoms with van der Waals surface area (Å²) in [6.45, 7) is 5.20. The SMILES string of the molecule is COc1ccc(Cl)cc1/C(C)=N\NC(=O)C(=O)NC(C)C. The molecule has 7 heteroatoms. The molecule has 6 nitrogen and oxygen atoms in total. The average Bonchev–Trinajstić information content (AvgIpc) is 2.43. The van der Waals surface area contributed by atoms with Gasteiger partial charge in [-0.2, -0.15) is 5.10 Å². The number of methoxy groups -OCH3 is 1. The molecule has 0 bridgehead atoms. The molecule has 0 fully saturated rings. The minimum atomic E-state index is -0.830. The summed E-state index contributed by atoms with van der Waals surface area (Å²) < 4.78 is 5.20. The van der Waals surface area contributed by atoms with Gasteiger partial charge in [-0.1, -0.05) is 11.6 Å². The van der Waals surface area contributed by atoms with Gasteiger partial charge in [-0.15, -0.1) is 0 Å². The minimum Gasteiger partial charge on any atom is -0.496 e. The molecule has 0 saturated carbocycles. The van der Waals surface area contributed by atoms with Crippen molar-refractivity contribution in [3.05, 3.63) is 28.8 Å². The number of hydrogen-bond donors (Lipinski definition) is 2. The number of ether oxygens (including phenoxy) is 1. The van der Waals surface area contributed by atoms with Gasteiger partial charge in [0.1, 0.15) is 5.75 Å². The fourth-order valence-corrected chi connectivity index (χ4v) is 1.71. The average molecular weight is 312 g/mol. The lowest BCUT2D eigenvalue weighted by Crippen LogP contribution is -2.41. The third-order valence-electron chi connectivity index (χ3n) is 2.50. The molecular formula is C14H18ClN3O3. The predicted octanol–water partition coefficient (Wildman–Crippen LogP) is 1.71. The number of benzene rings is 1. The van der Waals surface area contributed by atoms with Gasteiger partial charge in [0.25, 0.3) is 0 Å². The molecule has 0 heterocycles. The molecule has 0 spiro atoms. The van der Waals surface area contributed by atoms with Crippen LogP contribution in [0.15, 0.2) is 23.3 Å². The maximum Gasteiger partial charge on any atom is 0.329 e. The van der Waals surface area contributed by atoms with E-state index in [0.29, 0.717) is 22.0 Å². The number of carbonyl (C=O) groups is 2. The molecule has 2 amide bonds. The Labute approximate surface area is 128 Å². The molecule has 0 unspecified atom stereocenters. The molecule has 0 aromatic heterocycles. The molecule has 2 N–H and O–H groups in total. The quantitative estimate of drug-likeness (QED) is 0.505. The minimum absolute atomic E-state index is 0.124. The van der Waals surface area contributed by atoms with Gasteiger partial charge in [-0.3, -0.25) is 9.59 Å². The molecule has 0 aliphatic heterocycles. The summed E-state index contributed by atoms with van der Waals surface area (Å²) in [4.78, 5) is 23.0. The topological polar surface area (TPSA) is 79.8 Å². The van der Waals surface area contributed by atoms with Crippen LogP contribution < -0.4 is 15.5 Å². The van der Waals surface area contributed by atoms with Crippen LogP contribution in [0.4, 0.5) is 0 Å². The van der Waals surface area contributed by atoms with Crippen LogP contribution in [0.3, 0.4) is 0 Å². The van der Waals surface area contributed by atoms with Gasteiger partial charge in [0.05, 0.1) is 12.8 Å². The summed E-state index contributed by atoms with van der Waals surface area (Å²) in [5.74, 6) is -0.995. The highest BCUT2D eigenvalue weighted by Gasteiger charge is 2.14. The first kappa shape index (κ1) is 17.0. The van der Waals surface area contributed by atoms with Gasteiger partial charge >= 0.3 is 11.8 Å². The smallest absolute Gasteiger partial charge is 0.329 e. The number of nitrogens with one attached hydrogen (secondary N) is 2. The van der Waals surface area contributed by atoms with Gasteiger partial charge in [-0.25, -0.2) is 5.43 Å². The van der Waals surface area contributed by atoms with Crippen LogP contribution in [-0.4, -0.2) is 30.7 Å². The Balaban J connectivity index is 2.84. The molecule has 21 heavy (non-hydrogen) atoms. The van der Waals surface area contributed by atoms with Crippen molar-refractivity contribution < 1.29 is 14.3 Å². The summed E-state index contributed by atoms with van der Waals surface area (Å²) in [7, 11) is 1.52. The number of rotatable bonds is 4. The Morgan fingerprint density at radius 1 is 1.29 bits per heavy atom. The van der Waals surface area contributed by atoms with Gasteiger partial charge < -0.3 is 10.1 Å². The molecule has 114 valence electrons. The van der Waals surface area contributed by atoms with Crippen molar-refractivity contribution in [2.45, 2.75) is 26.8 Å². The monoisotopic (exact) mass is 311 g/mol. The summed E-state index contributed by atoms with van der Waals surface area (Å²) >= 11 is 5.93. The van der Waals surface area contributed by atoms with E-state index in [1.807, 2.05) is 0 Å². The molecule has 0 radical (unpaired) electrons. The zero-order valence-electron chi connectivity index (χ0n) is 12.4. The normalized spacial score (nSPS) is 11.2. The van der Waals surface area contributed by atoms with E-state index in [-0.39, 0.29) is 6.04 Å². The van der Waals surface area contributed by atoms with Crippen molar-refractivity contribution in [3.8, 4) is 5.75 Å². The molecule has 0 saturated heterocycles. The fraction of sp³-hybridized carbons (Fsp3) is 0.357. The molecule has 1 aromatic carbocycles. The standard InChI is InChI=1S/C14H18ClN3O3/c1-8(2)16-13(19)14(20)18-17-9(3)11-7-10(15)5-6-12(11)21-4/h5-8H,1-4H3,(H,16,19)(H,18,20)/b17-9-. The lowest BCUT2D eigenvalue weighted by Gasteiger charge is -2.09. The fourth-order valence-electron chi connectivity index (χ4n) is 1.54. The molecule has 0 atom stereocenters. The second-order valence-electron chi connectivity index (χ2n) is 4.61. The van der Waals surface area contributed by atoms with Crippen LogP contribution in [0, 0.1) is 0 Å². The largest absolute Gasteiger partial charge is 0.496 e. The van der Waals surface area contributed by atoms with E-state index < -0.39 is 11.8 Å². The molecule has 0 aliphatic rings. The number of hydrogen-bond acceptors (Lipinski definition) is 4. The Morgan fingerprint density at radius 3 is 2.52 bits per heavy atom. The first-order valence-corrected chi connectivity index (χ1v) is 6.72. The van der Waals surface area contributed by atoms with Crippen LogP contribution in [-0.2, 0) is 9.59 Å². The number of carbonyl (C=O) groups excluding carboxylic acids is 2. The molecular weight excluding hydrogens is 294 g/mol. The Kier molecular flexibility index (Phi) is 6.17. The van der Waals surface area contributed by atoms with Crippen LogP contribution in [0.25, 0.3) is 0 Å².